The lowest BCUT2D eigenvalue weighted by Gasteiger charge is -2.24. The smallest absolute Gasteiger partial charge is 0.407 e. The molecule has 0 fully saturated rings. The molecule has 5 heteroatoms. The summed E-state index contributed by atoms with van der Waals surface area (Å²) in [5, 5.41) is 6.33. The number of benzene rings is 1. The van der Waals surface area contributed by atoms with Crippen molar-refractivity contribution >= 4 is 6.09 Å². The lowest BCUT2D eigenvalue weighted by atomic mass is 10.1. The van der Waals surface area contributed by atoms with Crippen molar-refractivity contribution in [1.82, 2.24) is 10.6 Å². The molecule has 0 radical (unpaired) electrons. The van der Waals surface area contributed by atoms with E-state index in [1.165, 1.54) is 6.07 Å². The van der Waals surface area contributed by atoms with E-state index in [1.54, 1.807) is 6.07 Å². The second kappa shape index (κ2) is 7.30. The zero-order chi connectivity index (χ0) is 17.0. The number of ether oxygens (including phenoxy) is 1. The van der Waals surface area contributed by atoms with Crippen molar-refractivity contribution in [2.45, 2.75) is 64.6 Å². The molecule has 1 aromatic carbocycles. The van der Waals surface area contributed by atoms with Crippen molar-refractivity contribution in [1.29, 1.82) is 0 Å². The highest BCUT2D eigenvalue weighted by molar-refractivity contribution is 5.68. The number of carbonyl (C=O) groups is 1. The fourth-order valence-corrected chi connectivity index (χ4v) is 2.88. The fourth-order valence-electron chi connectivity index (χ4n) is 2.88. The van der Waals surface area contributed by atoms with Gasteiger partial charge in [-0.15, -0.1) is 0 Å². The molecule has 1 amide bonds. The zero-order valence-electron chi connectivity index (χ0n) is 14.4. The molecule has 0 bridgehead atoms. The minimum atomic E-state index is -0.502. The van der Waals surface area contributed by atoms with Gasteiger partial charge < -0.3 is 15.4 Å². The van der Waals surface area contributed by atoms with Gasteiger partial charge in [-0.2, -0.15) is 0 Å². The summed E-state index contributed by atoms with van der Waals surface area (Å²) in [6.07, 6.45) is 2.05. The van der Waals surface area contributed by atoms with Crippen LogP contribution in [0.15, 0.2) is 18.2 Å². The van der Waals surface area contributed by atoms with Crippen LogP contribution in [0.5, 0.6) is 0 Å². The molecule has 4 nitrogen and oxygen atoms in total. The first kappa shape index (κ1) is 17.7. The number of rotatable bonds is 5. The Morgan fingerprint density at radius 1 is 1.43 bits per heavy atom. The van der Waals surface area contributed by atoms with Gasteiger partial charge in [-0.05, 0) is 57.2 Å². The number of alkyl carbamates (subject to hydrolysis) is 1. The van der Waals surface area contributed by atoms with E-state index < -0.39 is 11.7 Å². The Morgan fingerprint density at radius 2 is 2.17 bits per heavy atom. The van der Waals surface area contributed by atoms with Crippen LogP contribution in [-0.2, 0) is 11.2 Å². The Bertz CT molecular complexity index is 554. The van der Waals surface area contributed by atoms with Gasteiger partial charge in [0.2, 0.25) is 0 Å². The molecule has 0 spiro atoms. The van der Waals surface area contributed by atoms with Crippen molar-refractivity contribution in [2.24, 2.45) is 0 Å². The van der Waals surface area contributed by atoms with Gasteiger partial charge in [-0.1, -0.05) is 19.1 Å². The van der Waals surface area contributed by atoms with Crippen molar-refractivity contribution in [2.75, 3.05) is 6.54 Å². The second-order valence-electron chi connectivity index (χ2n) is 7.06. The normalized spacial score (nSPS) is 18.4. The molecule has 2 N–H and O–H groups in total. The van der Waals surface area contributed by atoms with Crippen molar-refractivity contribution in [3.8, 4) is 0 Å². The summed E-state index contributed by atoms with van der Waals surface area (Å²) < 4.78 is 19.0. The van der Waals surface area contributed by atoms with Gasteiger partial charge in [-0.3, -0.25) is 0 Å². The average molecular weight is 322 g/mol. The number of halogens is 1. The molecule has 2 unspecified atom stereocenters. The van der Waals surface area contributed by atoms with Gasteiger partial charge in [-0.25, -0.2) is 9.18 Å². The van der Waals surface area contributed by atoms with E-state index in [-0.39, 0.29) is 17.9 Å². The highest BCUT2D eigenvalue weighted by Crippen LogP contribution is 2.32. The molecular formula is C18H27FN2O2. The lowest BCUT2D eigenvalue weighted by Crippen LogP contribution is -2.44. The SMILES string of the molecule is CCC(CNC1CCc2c(F)cccc21)NC(=O)OC(C)(C)C. The van der Waals surface area contributed by atoms with E-state index in [1.807, 2.05) is 33.8 Å². The fraction of sp³-hybridized carbons (Fsp3) is 0.611. The molecule has 128 valence electrons. The Balaban J connectivity index is 1.88. The number of nitrogens with one attached hydrogen (secondary N) is 2. The first-order chi connectivity index (χ1) is 10.8. The van der Waals surface area contributed by atoms with Crippen LogP contribution in [0.2, 0.25) is 0 Å². The highest BCUT2D eigenvalue weighted by Gasteiger charge is 2.25. The quantitative estimate of drug-likeness (QED) is 0.869. The first-order valence-corrected chi connectivity index (χ1v) is 8.30. The third-order valence-electron chi connectivity index (χ3n) is 4.04. The Kier molecular flexibility index (Phi) is 5.63. The monoisotopic (exact) mass is 322 g/mol. The summed E-state index contributed by atoms with van der Waals surface area (Å²) >= 11 is 0. The summed E-state index contributed by atoms with van der Waals surface area (Å²) in [6.45, 7) is 8.18. The molecule has 1 aliphatic rings. The predicted molar refractivity (Wildman–Crippen MR) is 88.9 cm³/mol. The predicted octanol–water partition coefficient (Wildman–Crippen LogP) is 3.71. The first-order valence-electron chi connectivity index (χ1n) is 8.30. The van der Waals surface area contributed by atoms with Gasteiger partial charge in [0.15, 0.2) is 0 Å². The van der Waals surface area contributed by atoms with Gasteiger partial charge in [0.05, 0.1) is 0 Å². The minimum absolute atomic E-state index is 0.0116. The third-order valence-corrected chi connectivity index (χ3v) is 4.04. The van der Waals surface area contributed by atoms with E-state index in [9.17, 15) is 9.18 Å². The molecule has 0 aromatic heterocycles. The molecule has 1 aliphatic carbocycles. The lowest BCUT2D eigenvalue weighted by molar-refractivity contribution is 0.0502. The van der Waals surface area contributed by atoms with Crippen molar-refractivity contribution < 1.29 is 13.9 Å². The maximum absolute atomic E-state index is 13.8. The molecule has 23 heavy (non-hydrogen) atoms. The number of hydrogen-bond acceptors (Lipinski definition) is 3. The number of hydrogen-bond donors (Lipinski definition) is 2. The number of fused-ring (bicyclic) bond motifs is 1. The van der Waals surface area contributed by atoms with Crippen LogP contribution in [0, 0.1) is 5.82 Å². The molecule has 2 rings (SSSR count). The van der Waals surface area contributed by atoms with Gasteiger partial charge in [0, 0.05) is 18.6 Å². The summed E-state index contributed by atoms with van der Waals surface area (Å²) in [5.74, 6) is -0.120. The standard InChI is InChI=1S/C18H27FN2O2/c1-5-12(21-17(22)23-18(2,3)4)11-20-16-10-9-13-14(16)7-6-8-15(13)19/h6-8,12,16,20H,5,9-11H2,1-4H3,(H,21,22). The van der Waals surface area contributed by atoms with Crippen molar-refractivity contribution in [3.63, 3.8) is 0 Å². The summed E-state index contributed by atoms with van der Waals surface area (Å²) in [4.78, 5) is 11.9. The van der Waals surface area contributed by atoms with E-state index in [0.29, 0.717) is 6.54 Å². The average Bonchev–Trinajstić information content (AvgIpc) is 2.86. The molecule has 0 aliphatic heterocycles. The maximum atomic E-state index is 13.8. The van der Waals surface area contributed by atoms with E-state index >= 15 is 0 Å². The van der Waals surface area contributed by atoms with Crippen LogP contribution >= 0.6 is 0 Å². The zero-order valence-corrected chi connectivity index (χ0v) is 14.4. The molecule has 1 aromatic rings. The van der Waals surface area contributed by atoms with E-state index in [2.05, 4.69) is 10.6 Å². The van der Waals surface area contributed by atoms with Gasteiger partial charge in [0.1, 0.15) is 11.4 Å². The molecule has 2 atom stereocenters. The molecule has 0 heterocycles. The number of carbonyl (C=O) groups excluding carboxylic acids is 1. The highest BCUT2D eigenvalue weighted by atomic mass is 19.1. The summed E-state index contributed by atoms with van der Waals surface area (Å²) in [5.41, 5.74) is 1.35. The summed E-state index contributed by atoms with van der Waals surface area (Å²) in [7, 11) is 0. The Morgan fingerprint density at radius 3 is 2.83 bits per heavy atom. The largest absolute Gasteiger partial charge is 0.444 e. The second-order valence-corrected chi connectivity index (χ2v) is 7.06. The topological polar surface area (TPSA) is 50.4 Å². The molecular weight excluding hydrogens is 295 g/mol. The third kappa shape index (κ3) is 4.93. The Labute approximate surface area is 137 Å². The minimum Gasteiger partial charge on any atom is -0.444 e. The van der Waals surface area contributed by atoms with Gasteiger partial charge >= 0.3 is 6.09 Å². The van der Waals surface area contributed by atoms with Gasteiger partial charge in [0.25, 0.3) is 0 Å². The van der Waals surface area contributed by atoms with E-state index in [0.717, 1.165) is 30.4 Å². The number of amides is 1. The van der Waals surface area contributed by atoms with Crippen LogP contribution in [0.1, 0.15) is 57.7 Å². The van der Waals surface area contributed by atoms with Crippen LogP contribution in [0.4, 0.5) is 9.18 Å². The van der Waals surface area contributed by atoms with Crippen molar-refractivity contribution in [3.05, 3.63) is 35.1 Å². The van der Waals surface area contributed by atoms with Crippen LogP contribution in [0.25, 0.3) is 0 Å². The Hall–Kier alpha value is -1.62. The maximum Gasteiger partial charge on any atom is 0.407 e. The summed E-state index contributed by atoms with van der Waals surface area (Å²) in [6, 6.07) is 5.38. The van der Waals surface area contributed by atoms with Crippen LogP contribution < -0.4 is 10.6 Å². The van der Waals surface area contributed by atoms with E-state index in [4.69, 9.17) is 4.74 Å². The molecule has 0 saturated heterocycles. The van der Waals surface area contributed by atoms with Crippen LogP contribution in [0.3, 0.4) is 0 Å². The molecule has 0 saturated carbocycles. The van der Waals surface area contributed by atoms with Crippen LogP contribution in [-0.4, -0.2) is 24.3 Å².